The van der Waals surface area contributed by atoms with Gasteiger partial charge in [0.2, 0.25) is 0 Å². The first-order chi connectivity index (χ1) is 22.8. The van der Waals surface area contributed by atoms with Gasteiger partial charge in [0.25, 0.3) is 0 Å². The summed E-state index contributed by atoms with van der Waals surface area (Å²) >= 11 is 0. The highest BCUT2D eigenvalue weighted by Crippen LogP contribution is 2.39. The maximum absolute atomic E-state index is 13.7. The molecule has 7 atom stereocenters. The minimum absolute atomic E-state index is 0.0678. The maximum atomic E-state index is 13.7. The monoisotopic (exact) mass is 709 g/mol. The maximum Gasteiger partial charge on any atom is 0.311 e. The molecule has 2 heterocycles. The molecule has 2 aliphatic heterocycles. The van der Waals surface area contributed by atoms with Crippen molar-refractivity contribution >= 4 is 35.9 Å². The second-order valence-corrected chi connectivity index (χ2v) is 17.9. The van der Waals surface area contributed by atoms with Gasteiger partial charge in [-0.3, -0.25) is 28.9 Å². The fraction of sp³-hybridized carbons (Fsp3) is 0.842. The number of piperidine rings is 1. The van der Waals surface area contributed by atoms with Crippen LogP contribution in [-0.4, -0.2) is 90.2 Å². The van der Waals surface area contributed by atoms with Crippen LogP contribution in [0.3, 0.4) is 0 Å². The molecule has 0 amide bonds. The van der Waals surface area contributed by atoms with Crippen molar-refractivity contribution in [1.29, 1.82) is 0 Å². The van der Waals surface area contributed by atoms with Crippen LogP contribution in [0.25, 0.3) is 0 Å². The fourth-order valence-electron chi connectivity index (χ4n) is 5.75. The summed E-state index contributed by atoms with van der Waals surface area (Å²) in [5, 5.41) is 0. The lowest BCUT2D eigenvalue weighted by Gasteiger charge is -2.53. The van der Waals surface area contributed by atoms with Crippen molar-refractivity contribution in [2.75, 3.05) is 6.61 Å². The fourth-order valence-corrected chi connectivity index (χ4v) is 5.75. The number of ether oxygens (including phenoxy) is 5. The number of unbranched alkanes of at least 4 members (excludes halogenated alkanes) is 1. The van der Waals surface area contributed by atoms with Crippen molar-refractivity contribution in [1.82, 2.24) is 4.90 Å². The SMILES string of the molecule is CCC[C@H]1CC(=O)C[C@@H](CCCC=O)N1[C@@H]1O[C@H](COC(=O)C(C)(C)C)[C@H](OC(=O)C(C)(C)C)[C@H](OC(=O)C(C)(C)C)[C@H]1OC(=O)C(C)(C)C. The van der Waals surface area contributed by atoms with Gasteiger partial charge >= 0.3 is 23.9 Å². The molecular formula is C38H63NO11. The average molecular weight is 710 g/mol. The number of Topliss-reactive ketones (excluding diaryl/α,β-unsaturated/α-hetero) is 1. The number of ketones is 1. The molecule has 0 unspecified atom stereocenters. The van der Waals surface area contributed by atoms with E-state index in [0.717, 1.165) is 12.7 Å². The molecule has 2 rings (SSSR count). The Morgan fingerprint density at radius 2 is 1.14 bits per heavy atom. The van der Waals surface area contributed by atoms with Crippen LogP contribution < -0.4 is 0 Å². The van der Waals surface area contributed by atoms with E-state index in [1.54, 1.807) is 83.1 Å². The highest BCUT2D eigenvalue weighted by atomic mass is 16.7. The zero-order valence-electron chi connectivity index (χ0n) is 32.7. The molecule has 0 saturated carbocycles. The van der Waals surface area contributed by atoms with Crippen molar-refractivity contribution in [3.63, 3.8) is 0 Å². The van der Waals surface area contributed by atoms with Crippen molar-refractivity contribution in [3.05, 3.63) is 0 Å². The topological polar surface area (TPSA) is 152 Å². The van der Waals surface area contributed by atoms with Gasteiger partial charge in [0.1, 0.15) is 24.8 Å². The number of rotatable bonds is 12. The summed E-state index contributed by atoms with van der Waals surface area (Å²) in [5.74, 6) is -2.33. The quantitative estimate of drug-likeness (QED) is 0.105. The van der Waals surface area contributed by atoms with E-state index in [4.69, 9.17) is 23.7 Å². The summed E-state index contributed by atoms with van der Waals surface area (Å²) in [4.78, 5) is 80.5. The number of likely N-dealkylation sites (tertiary alicyclic amines) is 1. The average Bonchev–Trinajstić information content (AvgIpc) is 2.96. The molecule has 286 valence electrons. The van der Waals surface area contributed by atoms with Crippen LogP contribution in [0.5, 0.6) is 0 Å². The second-order valence-electron chi connectivity index (χ2n) is 17.9. The number of esters is 4. The van der Waals surface area contributed by atoms with Gasteiger partial charge in [-0.15, -0.1) is 0 Å². The number of hydrogen-bond acceptors (Lipinski definition) is 12. The number of nitrogens with zero attached hydrogens (tertiary/aromatic N) is 1. The van der Waals surface area contributed by atoms with Gasteiger partial charge in [-0.25, -0.2) is 0 Å². The molecular weight excluding hydrogens is 646 g/mol. The largest absolute Gasteiger partial charge is 0.462 e. The third-order valence-corrected chi connectivity index (χ3v) is 8.71. The van der Waals surface area contributed by atoms with E-state index in [9.17, 15) is 28.8 Å². The van der Waals surface area contributed by atoms with Crippen LogP contribution in [0.1, 0.15) is 135 Å². The molecule has 0 aromatic carbocycles. The molecule has 50 heavy (non-hydrogen) atoms. The first kappa shape index (κ1) is 43.3. The highest BCUT2D eigenvalue weighted by molar-refractivity contribution is 5.81. The van der Waals surface area contributed by atoms with Gasteiger partial charge in [-0.2, -0.15) is 0 Å². The minimum atomic E-state index is -1.38. The molecule has 12 heteroatoms. The molecule has 12 nitrogen and oxygen atoms in total. The van der Waals surface area contributed by atoms with Crippen molar-refractivity contribution < 1.29 is 52.5 Å². The van der Waals surface area contributed by atoms with Crippen LogP contribution >= 0.6 is 0 Å². The Kier molecular flexibility index (Phi) is 14.8. The number of aldehydes is 1. The summed E-state index contributed by atoms with van der Waals surface area (Å²) in [5.41, 5.74) is -3.83. The van der Waals surface area contributed by atoms with Crippen LogP contribution in [-0.2, 0) is 52.5 Å². The Bertz CT molecular complexity index is 1220. The zero-order valence-corrected chi connectivity index (χ0v) is 32.7. The van der Waals surface area contributed by atoms with Gasteiger partial charge in [-0.1, -0.05) is 13.3 Å². The summed E-state index contributed by atoms with van der Waals surface area (Å²) in [7, 11) is 0. The van der Waals surface area contributed by atoms with Crippen molar-refractivity contribution in [2.45, 2.75) is 178 Å². The van der Waals surface area contributed by atoms with Gasteiger partial charge in [-0.05, 0) is 102 Å². The molecule has 2 aliphatic rings. The molecule has 2 saturated heterocycles. The molecule has 0 radical (unpaired) electrons. The van der Waals surface area contributed by atoms with Gasteiger partial charge in [0.05, 0.1) is 21.7 Å². The van der Waals surface area contributed by atoms with E-state index >= 15 is 0 Å². The van der Waals surface area contributed by atoms with Crippen LogP contribution in [0, 0.1) is 21.7 Å². The predicted molar refractivity (Wildman–Crippen MR) is 186 cm³/mol. The summed E-state index contributed by atoms with van der Waals surface area (Å²) in [6.45, 7) is 21.9. The number of hydrogen-bond donors (Lipinski definition) is 0. The van der Waals surface area contributed by atoms with Crippen LogP contribution in [0.4, 0.5) is 0 Å². The molecule has 0 spiro atoms. The lowest BCUT2D eigenvalue weighted by atomic mass is 9.86. The summed E-state index contributed by atoms with van der Waals surface area (Å²) in [6.07, 6.45) is -2.46. The Labute approximate surface area is 299 Å². The minimum Gasteiger partial charge on any atom is -0.462 e. The van der Waals surface area contributed by atoms with Crippen LogP contribution in [0.15, 0.2) is 0 Å². The Morgan fingerprint density at radius 1 is 0.700 bits per heavy atom. The van der Waals surface area contributed by atoms with Crippen molar-refractivity contribution in [3.8, 4) is 0 Å². The Balaban J connectivity index is 2.90. The standard InChI is InChI=1S/C38H63NO11/c1-14-17-23-20-25(41)21-24(18-15-16-19-40)39(23)30-29(50-34(45)38(11,12)13)28(49-33(44)37(8,9)10)27(48-32(43)36(5,6)7)26(47-30)22-46-31(42)35(2,3)4/h19,23-24,26-30H,14-18,20-22H2,1-13H3/t23-,24+,26+,27-,28-,29+,30+/m0/s1. The summed E-state index contributed by atoms with van der Waals surface area (Å²) < 4.78 is 31.2. The number of carbonyl (C=O) groups excluding carboxylic acids is 6. The Morgan fingerprint density at radius 3 is 1.58 bits per heavy atom. The Hall–Kier alpha value is -2.86. The smallest absolute Gasteiger partial charge is 0.311 e. The van der Waals surface area contributed by atoms with E-state index in [1.165, 1.54) is 0 Å². The first-order valence-corrected chi connectivity index (χ1v) is 18.0. The lowest BCUT2D eigenvalue weighted by molar-refractivity contribution is -0.293. The van der Waals surface area contributed by atoms with E-state index in [-0.39, 0.29) is 31.3 Å². The normalized spacial score (nSPS) is 26.9. The van der Waals surface area contributed by atoms with Crippen molar-refractivity contribution in [2.24, 2.45) is 21.7 Å². The molecule has 0 N–H and O–H groups in total. The highest BCUT2D eigenvalue weighted by Gasteiger charge is 2.58. The zero-order chi connectivity index (χ0) is 38.4. The number of carbonyl (C=O) groups is 6. The molecule has 2 fully saturated rings. The third-order valence-electron chi connectivity index (χ3n) is 8.71. The van der Waals surface area contributed by atoms with Gasteiger partial charge < -0.3 is 28.5 Å². The molecule has 0 aromatic heterocycles. The predicted octanol–water partition coefficient (Wildman–Crippen LogP) is 5.75. The van der Waals surface area contributed by atoms with Gasteiger partial charge in [0.15, 0.2) is 24.5 Å². The van der Waals surface area contributed by atoms with E-state index < -0.39 is 82.2 Å². The van der Waals surface area contributed by atoms with E-state index in [2.05, 4.69) is 0 Å². The third kappa shape index (κ3) is 11.9. The van der Waals surface area contributed by atoms with Gasteiger partial charge in [0, 0.05) is 31.3 Å². The van der Waals surface area contributed by atoms with E-state index in [0.29, 0.717) is 25.7 Å². The first-order valence-electron chi connectivity index (χ1n) is 18.0. The van der Waals surface area contributed by atoms with E-state index in [1.807, 2.05) is 11.8 Å². The van der Waals surface area contributed by atoms with Crippen LogP contribution in [0.2, 0.25) is 0 Å². The molecule has 0 aliphatic carbocycles. The molecule has 0 bridgehead atoms. The summed E-state index contributed by atoms with van der Waals surface area (Å²) in [6, 6.07) is -0.743. The second kappa shape index (κ2) is 17.1. The molecule has 0 aromatic rings. The lowest BCUT2D eigenvalue weighted by Crippen LogP contribution is -2.70.